The fourth-order valence-electron chi connectivity index (χ4n) is 4.60. The molecule has 1 aliphatic heterocycles. The fourth-order valence-corrected chi connectivity index (χ4v) is 5.91. The Kier molecular flexibility index (Phi) is 5.36. The molecule has 2 aromatic carbocycles. The van der Waals surface area contributed by atoms with Gasteiger partial charge in [-0.3, -0.25) is 9.55 Å². The summed E-state index contributed by atoms with van der Waals surface area (Å²) in [7, 11) is 0. The van der Waals surface area contributed by atoms with Gasteiger partial charge in [0, 0.05) is 18.1 Å². The Morgan fingerprint density at radius 2 is 1.79 bits per heavy atom. The molecule has 6 rings (SSSR count). The van der Waals surface area contributed by atoms with E-state index < -0.39 is 0 Å². The van der Waals surface area contributed by atoms with Gasteiger partial charge in [-0.2, -0.15) is 0 Å². The maximum absolute atomic E-state index is 5.89. The predicted molar refractivity (Wildman–Crippen MR) is 143 cm³/mol. The Morgan fingerprint density at radius 3 is 2.56 bits per heavy atom. The highest BCUT2D eigenvalue weighted by Gasteiger charge is 2.42. The molecule has 0 unspecified atom stereocenters. The maximum atomic E-state index is 5.89. The summed E-state index contributed by atoms with van der Waals surface area (Å²) in [6.07, 6.45) is 4.92. The van der Waals surface area contributed by atoms with Gasteiger partial charge in [-0.25, -0.2) is 4.98 Å². The molecule has 0 saturated carbocycles. The van der Waals surface area contributed by atoms with Crippen LogP contribution in [0.5, 0.6) is 0 Å². The molecule has 5 nitrogen and oxygen atoms in total. The standard InChI is InChI=1S/C27H23N5S2/c1-2-18-12-14-19(15-13-18)32-25(24(30-26(32)33)21-9-5-6-16-28-21)22-10-7-17-31(22)27-29-20-8-3-4-11-23(20)34-27/h3-17,24-25H,2H2,1H3,(H,30,33)/t24-,25-/m0/s1. The van der Waals surface area contributed by atoms with Crippen LogP contribution in [0, 0.1) is 0 Å². The van der Waals surface area contributed by atoms with E-state index in [1.165, 1.54) is 10.3 Å². The fraction of sp³-hybridized carbons (Fsp3) is 0.148. The van der Waals surface area contributed by atoms with E-state index in [1.807, 2.05) is 24.4 Å². The molecule has 168 valence electrons. The number of hydrogen-bond donors (Lipinski definition) is 1. The largest absolute Gasteiger partial charge is 0.351 e. The second-order valence-corrected chi connectivity index (χ2v) is 9.68. The molecule has 0 amide bonds. The third-order valence-electron chi connectivity index (χ3n) is 6.29. The zero-order chi connectivity index (χ0) is 23.1. The van der Waals surface area contributed by atoms with Crippen molar-refractivity contribution in [2.45, 2.75) is 25.4 Å². The lowest BCUT2D eigenvalue weighted by molar-refractivity contribution is 0.549. The van der Waals surface area contributed by atoms with Gasteiger partial charge >= 0.3 is 0 Å². The summed E-state index contributed by atoms with van der Waals surface area (Å²) in [4.78, 5) is 11.8. The second-order valence-electron chi connectivity index (χ2n) is 8.28. The van der Waals surface area contributed by atoms with E-state index in [4.69, 9.17) is 17.2 Å². The average molecular weight is 482 g/mol. The molecule has 3 aromatic heterocycles. The second kappa shape index (κ2) is 8.66. The highest BCUT2D eigenvalue weighted by atomic mass is 32.1. The summed E-state index contributed by atoms with van der Waals surface area (Å²) in [6, 6.07) is 27.0. The molecule has 0 spiro atoms. The van der Waals surface area contributed by atoms with E-state index >= 15 is 0 Å². The summed E-state index contributed by atoms with van der Waals surface area (Å²) in [5.74, 6) is 0. The van der Waals surface area contributed by atoms with Crippen molar-refractivity contribution >= 4 is 44.6 Å². The Hall–Kier alpha value is -3.55. The Morgan fingerprint density at radius 1 is 0.971 bits per heavy atom. The van der Waals surface area contributed by atoms with Crippen LogP contribution in [0.25, 0.3) is 15.3 Å². The summed E-state index contributed by atoms with van der Waals surface area (Å²) < 4.78 is 3.36. The third kappa shape index (κ3) is 3.57. The van der Waals surface area contributed by atoms with Crippen LogP contribution < -0.4 is 10.2 Å². The van der Waals surface area contributed by atoms with Gasteiger partial charge in [0.05, 0.1) is 27.6 Å². The van der Waals surface area contributed by atoms with Gasteiger partial charge in [0.2, 0.25) is 0 Å². The number of pyridine rings is 1. The molecule has 1 saturated heterocycles. The number of thiazole rings is 1. The highest BCUT2D eigenvalue weighted by Crippen LogP contribution is 2.42. The molecule has 0 radical (unpaired) electrons. The molecule has 1 fully saturated rings. The van der Waals surface area contributed by atoms with Crippen LogP contribution in [0.15, 0.2) is 91.3 Å². The molecule has 1 N–H and O–H groups in total. The number of hydrogen-bond acceptors (Lipinski definition) is 4. The van der Waals surface area contributed by atoms with Crippen LogP contribution in [-0.2, 0) is 6.42 Å². The van der Waals surface area contributed by atoms with Crippen molar-refractivity contribution in [3.05, 3.63) is 108 Å². The number of anilines is 1. The minimum Gasteiger partial charge on any atom is -0.351 e. The van der Waals surface area contributed by atoms with Crippen molar-refractivity contribution in [1.29, 1.82) is 0 Å². The number of aromatic nitrogens is 3. The van der Waals surface area contributed by atoms with Crippen LogP contribution in [0.2, 0.25) is 0 Å². The molecule has 1 aliphatic rings. The first-order chi connectivity index (χ1) is 16.7. The highest BCUT2D eigenvalue weighted by molar-refractivity contribution is 7.80. The van der Waals surface area contributed by atoms with Crippen molar-refractivity contribution < 1.29 is 0 Å². The van der Waals surface area contributed by atoms with Gasteiger partial charge in [0.1, 0.15) is 6.04 Å². The molecule has 5 aromatic rings. The first-order valence-electron chi connectivity index (χ1n) is 11.4. The lowest BCUT2D eigenvalue weighted by Gasteiger charge is -2.28. The number of rotatable bonds is 5. The molecule has 0 bridgehead atoms. The normalized spacial score (nSPS) is 17.9. The molecule has 2 atom stereocenters. The van der Waals surface area contributed by atoms with Gasteiger partial charge in [-0.05, 0) is 72.7 Å². The molecule has 0 aliphatic carbocycles. The van der Waals surface area contributed by atoms with Crippen molar-refractivity contribution in [3.8, 4) is 5.13 Å². The van der Waals surface area contributed by atoms with Crippen LogP contribution in [-0.4, -0.2) is 19.6 Å². The Bertz CT molecular complexity index is 1420. The van der Waals surface area contributed by atoms with Gasteiger partial charge in [0.15, 0.2) is 10.2 Å². The number of para-hydroxylation sites is 1. The van der Waals surface area contributed by atoms with E-state index in [0.29, 0.717) is 5.11 Å². The number of nitrogens with one attached hydrogen (secondary N) is 1. The summed E-state index contributed by atoms with van der Waals surface area (Å²) in [5.41, 5.74) is 5.45. The number of thiocarbonyl (C=S) groups is 1. The third-order valence-corrected chi connectivity index (χ3v) is 7.64. The molecular formula is C27H23N5S2. The van der Waals surface area contributed by atoms with Crippen LogP contribution in [0.4, 0.5) is 5.69 Å². The van der Waals surface area contributed by atoms with Gasteiger partial charge in [-0.15, -0.1) is 0 Å². The van der Waals surface area contributed by atoms with Crippen LogP contribution >= 0.6 is 23.6 Å². The molecule has 34 heavy (non-hydrogen) atoms. The quantitative estimate of drug-likeness (QED) is 0.302. The minimum absolute atomic E-state index is 0.0862. The summed E-state index contributed by atoms with van der Waals surface area (Å²) in [6.45, 7) is 2.17. The number of benzene rings is 2. The van der Waals surface area contributed by atoms with Crippen LogP contribution in [0.1, 0.15) is 36.0 Å². The smallest absolute Gasteiger partial charge is 0.194 e. The molecular weight excluding hydrogens is 458 g/mol. The average Bonchev–Trinajstić information content (AvgIpc) is 3.60. The molecule has 7 heteroatoms. The number of fused-ring (bicyclic) bond motifs is 1. The summed E-state index contributed by atoms with van der Waals surface area (Å²) in [5, 5.41) is 5.20. The van der Waals surface area contributed by atoms with Gasteiger partial charge in [-0.1, -0.05) is 48.6 Å². The maximum Gasteiger partial charge on any atom is 0.194 e. The van der Waals surface area contributed by atoms with Gasteiger partial charge < -0.3 is 10.2 Å². The van der Waals surface area contributed by atoms with Crippen molar-refractivity contribution in [2.75, 3.05) is 4.90 Å². The van der Waals surface area contributed by atoms with E-state index in [9.17, 15) is 0 Å². The SMILES string of the molecule is CCc1ccc(N2C(=S)N[C@@H](c3ccccn3)[C@@H]2c2cccn2-c2nc3ccccc3s2)cc1. The van der Waals surface area contributed by atoms with E-state index in [-0.39, 0.29) is 12.1 Å². The number of nitrogens with zero attached hydrogens (tertiary/aromatic N) is 4. The van der Waals surface area contributed by atoms with Crippen molar-refractivity contribution in [2.24, 2.45) is 0 Å². The van der Waals surface area contributed by atoms with Crippen molar-refractivity contribution in [1.82, 2.24) is 19.9 Å². The Balaban J connectivity index is 1.50. The topological polar surface area (TPSA) is 46.0 Å². The van der Waals surface area contributed by atoms with E-state index in [2.05, 4.69) is 93.6 Å². The minimum atomic E-state index is -0.0948. The first-order valence-corrected chi connectivity index (χ1v) is 12.6. The first kappa shape index (κ1) is 21.0. The van der Waals surface area contributed by atoms with Crippen LogP contribution in [0.3, 0.4) is 0 Å². The lowest BCUT2D eigenvalue weighted by atomic mass is 10.0. The summed E-state index contributed by atoms with van der Waals surface area (Å²) >= 11 is 7.58. The Labute approximate surface area is 207 Å². The molecule has 4 heterocycles. The van der Waals surface area contributed by atoms with Crippen molar-refractivity contribution in [3.63, 3.8) is 0 Å². The predicted octanol–water partition coefficient (Wildman–Crippen LogP) is 6.22. The lowest BCUT2D eigenvalue weighted by Crippen LogP contribution is -2.30. The number of aryl methyl sites for hydroxylation is 1. The zero-order valence-corrected chi connectivity index (χ0v) is 20.3. The van der Waals surface area contributed by atoms with Gasteiger partial charge in [0.25, 0.3) is 0 Å². The van der Waals surface area contributed by atoms with E-state index in [1.54, 1.807) is 11.3 Å². The monoisotopic (exact) mass is 481 g/mol. The van der Waals surface area contributed by atoms with E-state index in [0.717, 1.165) is 34.1 Å². The zero-order valence-electron chi connectivity index (χ0n) is 18.6.